The van der Waals surface area contributed by atoms with E-state index in [4.69, 9.17) is 0 Å². The Labute approximate surface area is 112 Å². The summed E-state index contributed by atoms with van der Waals surface area (Å²) >= 11 is 0. The maximum Gasteiger partial charge on any atom is 0.418 e. The average molecular weight is 285 g/mol. The molecule has 0 radical (unpaired) electrons. The van der Waals surface area contributed by atoms with Crippen LogP contribution >= 0.6 is 0 Å². The summed E-state index contributed by atoms with van der Waals surface area (Å²) in [6, 6.07) is 1.99. The maximum absolute atomic E-state index is 13.1. The SMILES string of the molecule is COC(=O)c1cc(C(F)(F)F)c(-n2ccnn2)cc1C. The second-order valence-corrected chi connectivity index (χ2v) is 4.02. The minimum atomic E-state index is -4.63. The molecule has 2 aromatic rings. The molecule has 0 amide bonds. The first kappa shape index (κ1) is 14.0. The van der Waals surface area contributed by atoms with Crippen LogP contribution in [0, 0.1) is 6.92 Å². The summed E-state index contributed by atoms with van der Waals surface area (Å²) in [6.07, 6.45) is -2.07. The van der Waals surface area contributed by atoms with Crippen LogP contribution in [0.2, 0.25) is 0 Å². The lowest BCUT2D eigenvalue weighted by atomic mass is 10.0. The first-order chi connectivity index (χ1) is 9.34. The second kappa shape index (κ2) is 4.95. The van der Waals surface area contributed by atoms with Crippen LogP contribution in [-0.2, 0) is 10.9 Å². The molecule has 5 nitrogen and oxygen atoms in total. The van der Waals surface area contributed by atoms with E-state index in [0.29, 0.717) is 5.56 Å². The number of ether oxygens (including phenoxy) is 1. The molecule has 0 spiro atoms. The molecule has 0 bridgehead atoms. The van der Waals surface area contributed by atoms with Crippen molar-refractivity contribution in [3.05, 3.63) is 41.2 Å². The summed E-state index contributed by atoms with van der Waals surface area (Å²) in [4.78, 5) is 11.5. The first-order valence-electron chi connectivity index (χ1n) is 5.51. The molecule has 0 aliphatic heterocycles. The van der Waals surface area contributed by atoms with Crippen molar-refractivity contribution in [1.29, 1.82) is 0 Å². The Morgan fingerprint density at radius 2 is 2.05 bits per heavy atom. The molecule has 8 heteroatoms. The van der Waals surface area contributed by atoms with Crippen LogP contribution in [0.25, 0.3) is 5.69 Å². The number of methoxy groups -OCH3 is 1. The summed E-state index contributed by atoms with van der Waals surface area (Å²) in [5.41, 5.74) is -0.951. The van der Waals surface area contributed by atoms with E-state index in [2.05, 4.69) is 15.0 Å². The Hall–Kier alpha value is -2.38. The Morgan fingerprint density at radius 1 is 1.35 bits per heavy atom. The zero-order valence-corrected chi connectivity index (χ0v) is 10.6. The number of benzene rings is 1. The third kappa shape index (κ3) is 2.49. The summed E-state index contributed by atoms with van der Waals surface area (Å²) in [5, 5.41) is 7.03. The Kier molecular flexibility index (Phi) is 3.47. The highest BCUT2D eigenvalue weighted by molar-refractivity contribution is 5.91. The molecular formula is C12H10F3N3O2. The number of aryl methyl sites for hydroxylation is 1. The number of esters is 1. The van der Waals surface area contributed by atoms with Gasteiger partial charge in [0.05, 0.1) is 36.3 Å². The molecule has 1 aromatic carbocycles. The minimum Gasteiger partial charge on any atom is -0.465 e. The van der Waals surface area contributed by atoms with Gasteiger partial charge in [-0.2, -0.15) is 13.2 Å². The molecule has 0 unspecified atom stereocenters. The molecule has 0 atom stereocenters. The smallest absolute Gasteiger partial charge is 0.418 e. The average Bonchev–Trinajstić information content (AvgIpc) is 2.89. The zero-order valence-electron chi connectivity index (χ0n) is 10.6. The largest absolute Gasteiger partial charge is 0.465 e. The molecule has 0 aliphatic rings. The van der Waals surface area contributed by atoms with Crippen LogP contribution < -0.4 is 0 Å². The van der Waals surface area contributed by atoms with Gasteiger partial charge in [-0.1, -0.05) is 5.21 Å². The normalized spacial score (nSPS) is 11.4. The van der Waals surface area contributed by atoms with Crippen molar-refractivity contribution in [2.75, 3.05) is 7.11 Å². The van der Waals surface area contributed by atoms with Crippen molar-refractivity contribution in [3.63, 3.8) is 0 Å². The summed E-state index contributed by atoms with van der Waals surface area (Å²) in [7, 11) is 1.11. The van der Waals surface area contributed by atoms with Crippen molar-refractivity contribution in [2.24, 2.45) is 0 Å². The molecule has 0 saturated heterocycles. The number of halogens is 3. The molecule has 0 aliphatic carbocycles. The number of nitrogens with zero attached hydrogens (tertiary/aromatic N) is 3. The van der Waals surface area contributed by atoms with Crippen LogP contribution in [0.15, 0.2) is 24.5 Å². The molecule has 0 fully saturated rings. The van der Waals surface area contributed by atoms with Gasteiger partial charge in [0, 0.05) is 0 Å². The van der Waals surface area contributed by atoms with Crippen LogP contribution in [-0.4, -0.2) is 28.1 Å². The van der Waals surface area contributed by atoms with Crippen LogP contribution in [0.4, 0.5) is 13.2 Å². The standard InChI is InChI=1S/C12H10F3N3O2/c1-7-5-10(18-4-3-16-17-18)9(12(13,14)15)6-8(7)11(19)20-2/h3-6H,1-2H3. The zero-order chi connectivity index (χ0) is 14.9. The van der Waals surface area contributed by atoms with Crippen LogP contribution in [0.1, 0.15) is 21.5 Å². The van der Waals surface area contributed by atoms with E-state index in [1.54, 1.807) is 0 Å². The number of hydrogen-bond acceptors (Lipinski definition) is 4. The fourth-order valence-corrected chi connectivity index (χ4v) is 1.78. The summed E-state index contributed by atoms with van der Waals surface area (Å²) in [5.74, 6) is -0.821. The lowest BCUT2D eigenvalue weighted by Crippen LogP contribution is -2.15. The highest BCUT2D eigenvalue weighted by Gasteiger charge is 2.35. The number of carbonyl (C=O) groups is 1. The lowest BCUT2D eigenvalue weighted by Gasteiger charge is -2.15. The van der Waals surface area contributed by atoms with E-state index in [1.807, 2.05) is 0 Å². The summed E-state index contributed by atoms with van der Waals surface area (Å²) < 4.78 is 44.8. The second-order valence-electron chi connectivity index (χ2n) is 4.02. The van der Waals surface area contributed by atoms with Gasteiger partial charge >= 0.3 is 12.1 Å². The van der Waals surface area contributed by atoms with Gasteiger partial charge < -0.3 is 4.74 Å². The van der Waals surface area contributed by atoms with Gasteiger partial charge in [0.1, 0.15) is 0 Å². The van der Waals surface area contributed by atoms with E-state index in [1.165, 1.54) is 25.4 Å². The minimum absolute atomic E-state index is 0.135. The van der Waals surface area contributed by atoms with E-state index in [9.17, 15) is 18.0 Å². The van der Waals surface area contributed by atoms with Crippen LogP contribution in [0.5, 0.6) is 0 Å². The third-order valence-electron chi connectivity index (χ3n) is 2.72. The molecule has 0 saturated carbocycles. The predicted octanol–water partition coefficient (Wildman–Crippen LogP) is 2.38. The van der Waals surface area contributed by atoms with Gasteiger partial charge in [-0.15, -0.1) is 5.10 Å². The van der Waals surface area contributed by atoms with E-state index in [0.717, 1.165) is 17.9 Å². The molecule has 0 N–H and O–H groups in total. The van der Waals surface area contributed by atoms with Gasteiger partial charge in [0.25, 0.3) is 0 Å². The molecule has 106 valence electrons. The van der Waals surface area contributed by atoms with Gasteiger partial charge in [-0.05, 0) is 24.6 Å². The molecular weight excluding hydrogens is 275 g/mol. The van der Waals surface area contributed by atoms with Crippen molar-refractivity contribution < 1.29 is 22.7 Å². The van der Waals surface area contributed by atoms with Crippen molar-refractivity contribution >= 4 is 5.97 Å². The first-order valence-corrected chi connectivity index (χ1v) is 5.51. The number of rotatable bonds is 2. The number of alkyl halides is 3. The fourth-order valence-electron chi connectivity index (χ4n) is 1.78. The molecule has 20 heavy (non-hydrogen) atoms. The molecule has 1 aromatic heterocycles. The predicted molar refractivity (Wildman–Crippen MR) is 62.4 cm³/mol. The van der Waals surface area contributed by atoms with Crippen molar-refractivity contribution in [3.8, 4) is 5.69 Å². The van der Waals surface area contributed by atoms with Gasteiger partial charge in [0.2, 0.25) is 0 Å². The van der Waals surface area contributed by atoms with Gasteiger partial charge in [0.15, 0.2) is 0 Å². The number of aromatic nitrogens is 3. The number of hydrogen-bond donors (Lipinski definition) is 0. The quantitative estimate of drug-likeness (QED) is 0.795. The Balaban J connectivity index is 2.69. The van der Waals surface area contributed by atoms with Gasteiger partial charge in [-0.25, -0.2) is 9.48 Å². The molecule has 2 rings (SSSR count). The Morgan fingerprint density at radius 3 is 2.55 bits per heavy atom. The highest BCUT2D eigenvalue weighted by atomic mass is 19.4. The van der Waals surface area contributed by atoms with E-state index >= 15 is 0 Å². The third-order valence-corrected chi connectivity index (χ3v) is 2.72. The summed E-state index contributed by atoms with van der Waals surface area (Å²) in [6.45, 7) is 1.52. The topological polar surface area (TPSA) is 57.0 Å². The van der Waals surface area contributed by atoms with Gasteiger partial charge in [-0.3, -0.25) is 0 Å². The van der Waals surface area contributed by atoms with Crippen LogP contribution in [0.3, 0.4) is 0 Å². The Bertz CT molecular complexity index is 636. The molecule has 1 heterocycles. The van der Waals surface area contributed by atoms with E-state index in [-0.39, 0.29) is 11.3 Å². The lowest BCUT2D eigenvalue weighted by molar-refractivity contribution is -0.137. The fraction of sp³-hybridized carbons (Fsp3) is 0.250. The highest BCUT2D eigenvalue weighted by Crippen LogP contribution is 2.35. The maximum atomic E-state index is 13.1. The monoisotopic (exact) mass is 285 g/mol. The van der Waals surface area contributed by atoms with Crippen molar-refractivity contribution in [1.82, 2.24) is 15.0 Å². The van der Waals surface area contributed by atoms with E-state index < -0.39 is 17.7 Å². The van der Waals surface area contributed by atoms with Crippen molar-refractivity contribution in [2.45, 2.75) is 13.1 Å². The number of carbonyl (C=O) groups excluding carboxylic acids is 1.